The maximum atomic E-state index is 14.8. The second-order valence-electron chi connectivity index (χ2n) is 8.79. The van der Waals surface area contributed by atoms with Crippen molar-refractivity contribution in [1.29, 1.82) is 0 Å². The maximum absolute atomic E-state index is 14.8. The monoisotopic (exact) mass is 435 g/mol. The molecule has 0 aromatic heterocycles. The Kier molecular flexibility index (Phi) is 11.1. The summed E-state index contributed by atoms with van der Waals surface area (Å²) in [5.74, 6) is 1.55. The Bertz CT molecular complexity index is 674. The molecule has 0 aliphatic carbocycles. The first-order valence-corrected chi connectivity index (χ1v) is 11.9. The lowest BCUT2D eigenvalue weighted by Crippen LogP contribution is -2.46. The maximum Gasteiger partial charge on any atom is 0.191 e. The van der Waals surface area contributed by atoms with E-state index in [1.165, 1.54) is 0 Å². The van der Waals surface area contributed by atoms with Crippen molar-refractivity contribution >= 4 is 11.6 Å². The van der Waals surface area contributed by atoms with Gasteiger partial charge in [-0.25, -0.2) is 9.38 Å². The summed E-state index contributed by atoms with van der Waals surface area (Å²) >= 11 is 0. The van der Waals surface area contributed by atoms with Gasteiger partial charge in [0.1, 0.15) is 5.82 Å². The number of guanidine groups is 1. The van der Waals surface area contributed by atoms with E-state index < -0.39 is 0 Å². The highest BCUT2D eigenvalue weighted by atomic mass is 19.1. The molecule has 0 saturated carbocycles. The third-order valence-electron chi connectivity index (χ3n) is 5.84. The topological polar surface area (TPSA) is 63.1 Å². The molecule has 1 fully saturated rings. The summed E-state index contributed by atoms with van der Waals surface area (Å²) in [4.78, 5) is 9.17. The van der Waals surface area contributed by atoms with Crippen molar-refractivity contribution in [3.8, 4) is 0 Å². The molecular formula is C24H42FN5O. The standard InChI is InChI=1S/C24H42FN5O/c1-5-26-24(28-18-21(9-14-31)15-19(3)4)27-17-20-7-8-23(22(25)16-20)30-12-10-29(6-2)11-13-30/h7-8,16,19,21,31H,5-6,9-15,17-18H2,1-4H3,(H2,26,27,28). The molecule has 1 aromatic carbocycles. The fourth-order valence-electron chi connectivity index (χ4n) is 4.12. The van der Waals surface area contributed by atoms with Gasteiger partial charge in [0.05, 0.1) is 12.2 Å². The summed E-state index contributed by atoms with van der Waals surface area (Å²) in [6.07, 6.45) is 1.84. The van der Waals surface area contributed by atoms with Crippen LogP contribution in [0.1, 0.15) is 46.1 Å². The number of aliphatic hydroxyl groups is 1. The van der Waals surface area contributed by atoms with E-state index in [4.69, 9.17) is 0 Å². The van der Waals surface area contributed by atoms with Gasteiger partial charge in [-0.05, 0) is 55.8 Å². The molecule has 3 N–H and O–H groups in total. The first kappa shape index (κ1) is 25.4. The predicted octanol–water partition coefficient (Wildman–Crippen LogP) is 3.07. The molecule has 6 nitrogen and oxygen atoms in total. The highest BCUT2D eigenvalue weighted by Crippen LogP contribution is 2.22. The molecule has 1 aliphatic rings. The summed E-state index contributed by atoms with van der Waals surface area (Å²) in [6.45, 7) is 15.5. The summed E-state index contributed by atoms with van der Waals surface area (Å²) < 4.78 is 14.8. The van der Waals surface area contributed by atoms with Crippen LogP contribution < -0.4 is 15.5 Å². The number of aliphatic hydroxyl groups excluding tert-OH is 1. The zero-order valence-electron chi connectivity index (χ0n) is 19.8. The Balaban J connectivity index is 1.96. The first-order chi connectivity index (χ1) is 15.0. The molecule has 1 heterocycles. The molecule has 1 aliphatic heterocycles. The van der Waals surface area contributed by atoms with Crippen molar-refractivity contribution in [2.24, 2.45) is 16.8 Å². The van der Waals surface area contributed by atoms with Crippen LogP contribution in [0.3, 0.4) is 0 Å². The molecule has 0 bridgehead atoms. The van der Waals surface area contributed by atoms with Crippen molar-refractivity contribution in [2.75, 3.05) is 57.3 Å². The van der Waals surface area contributed by atoms with Crippen LogP contribution in [0.2, 0.25) is 0 Å². The minimum atomic E-state index is -0.171. The van der Waals surface area contributed by atoms with Crippen LogP contribution >= 0.6 is 0 Å². The molecule has 1 saturated heterocycles. The molecule has 2 rings (SSSR count). The number of benzene rings is 1. The molecule has 176 valence electrons. The van der Waals surface area contributed by atoms with Crippen LogP contribution in [0.4, 0.5) is 10.1 Å². The normalized spacial score (nSPS) is 16.6. The van der Waals surface area contributed by atoms with Gasteiger partial charge in [0.2, 0.25) is 0 Å². The highest BCUT2D eigenvalue weighted by Gasteiger charge is 2.18. The fourth-order valence-corrected chi connectivity index (χ4v) is 4.12. The van der Waals surface area contributed by atoms with E-state index >= 15 is 0 Å². The Morgan fingerprint density at radius 1 is 1.16 bits per heavy atom. The van der Waals surface area contributed by atoms with E-state index in [1.54, 1.807) is 6.07 Å². The largest absolute Gasteiger partial charge is 0.396 e. The number of hydrogen-bond acceptors (Lipinski definition) is 4. The molecule has 31 heavy (non-hydrogen) atoms. The number of aliphatic imine (C=N–C) groups is 1. The summed E-state index contributed by atoms with van der Waals surface area (Å²) in [5.41, 5.74) is 1.55. The quantitative estimate of drug-likeness (QED) is 0.368. The van der Waals surface area contributed by atoms with E-state index in [9.17, 15) is 9.50 Å². The molecule has 7 heteroatoms. The summed E-state index contributed by atoms with van der Waals surface area (Å²) in [5, 5.41) is 16.0. The lowest BCUT2D eigenvalue weighted by atomic mass is 9.94. The predicted molar refractivity (Wildman–Crippen MR) is 128 cm³/mol. The lowest BCUT2D eigenvalue weighted by Gasteiger charge is -2.35. The smallest absolute Gasteiger partial charge is 0.191 e. The molecule has 1 aromatic rings. The van der Waals surface area contributed by atoms with Gasteiger partial charge in [0.15, 0.2) is 5.96 Å². The number of nitrogens with zero attached hydrogens (tertiary/aromatic N) is 3. The summed E-state index contributed by atoms with van der Waals surface area (Å²) in [7, 11) is 0. The van der Waals surface area contributed by atoms with E-state index in [1.807, 2.05) is 19.1 Å². The lowest BCUT2D eigenvalue weighted by molar-refractivity contribution is 0.243. The van der Waals surface area contributed by atoms with Gasteiger partial charge in [-0.3, -0.25) is 0 Å². The molecule has 1 unspecified atom stereocenters. The first-order valence-electron chi connectivity index (χ1n) is 11.9. The van der Waals surface area contributed by atoms with Crippen molar-refractivity contribution < 1.29 is 9.50 Å². The Labute approximate surface area is 187 Å². The number of rotatable bonds is 11. The van der Waals surface area contributed by atoms with Crippen molar-refractivity contribution in [3.05, 3.63) is 29.6 Å². The number of halogens is 1. The van der Waals surface area contributed by atoms with E-state index in [0.29, 0.717) is 24.1 Å². The van der Waals surface area contributed by atoms with E-state index in [2.05, 4.69) is 46.2 Å². The zero-order valence-corrected chi connectivity index (χ0v) is 19.8. The van der Waals surface area contributed by atoms with Crippen LogP contribution in [-0.4, -0.2) is 68.4 Å². The third kappa shape index (κ3) is 8.65. The molecule has 0 amide bonds. The fraction of sp³-hybridized carbons (Fsp3) is 0.708. The van der Waals surface area contributed by atoms with Gasteiger partial charge in [-0.2, -0.15) is 0 Å². The SMILES string of the molecule is CCNC(=NCc1ccc(N2CCN(CC)CC2)c(F)c1)NCC(CCO)CC(C)C. The molecule has 0 radical (unpaired) electrons. The van der Waals surface area contributed by atoms with Crippen molar-refractivity contribution in [3.63, 3.8) is 0 Å². The average Bonchev–Trinajstić information content (AvgIpc) is 2.75. The van der Waals surface area contributed by atoms with Crippen LogP contribution in [0.25, 0.3) is 0 Å². The molecule has 1 atom stereocenters. The Hall–Kier alpha value is -1.86. The average molecular weight is 436 g/mol. The van der Waals surface area contributed by atoms with Crippen LogP contribution in [-0.2, 0) is 6.54 Å². The highest BCUT2D eigenvalue weighted by molar-refractivity contribution is 5.79. The van der Waals surface area contributed by atoms with Crippen molar-refractivity contribution in [2.45, 2.75) is 47.1 Å². The molecule has 0 spiro atoms. The van der Waals surface area contributed by atoms with Gasteiger partial charge >= 0.3 is 0 Å². The third-order valence-corrected chi connectivity index (χ3v) is 5.84. The van der Waals surface area contributed by atoms with Gasteiger partial charge in [-0.15, -0.1) is 0 Å². The summed E-state index contributed by atoms with van der Waals surface area (Å²) in [6, 6.07) is 5.48. The zero-order chi connectivity index (χ0) is 22.6. The van der Waals surface area contributed by atoms with Gasteiger partial charge in [-0.1, -0.05) is 26.8 Å². The number of piperazine rings is 1. The van der Waals surface area contributed by atoms with Crippen LogP contribution in [0.15, 0.2) is 23.2 Å². The van der Waals surface area contributed by atoms with Crippen molar-refractivity contribution in [1.82, 2.24) is 15.5 Å². The van der Waals surface area contributed by atoms with Crippen LogP contribution in [0, 0.1) is 17.7 Å². The number of hydrogen-bond donors (Lipinski definition) is 3. The van der Waals surface area contributed by atoms with Gasteiger partial charge in [0.25, 0.3) is 0 Å². The van der Waals surface area contributed by atoms with Crippen LogP contribution in [0.5, 0.6) is 0 Å². The second kappa shape index (κ2) is 13.5. The number of nitrogens with one attached hydrogen (secondary N) is 2. The van der Waals surface area contributed by atoms with Gasteiger partial charge < -0.3 is 25.5 Å². The van der Waals surface area contributed by atoms with E-state index in [-0.39, 0.29) is 12.4 Å². The Morgan fingerprint density at radius 3 is 2.48 bits per heavy atom. The second-order valence-corrected chi connectivity index (χ2v) is 8.79. The van der Waals surface area contributed by atoms with Gasteiger partial charge in [0, 0.05) is 45.9 Å². The molecular weight excluding hydrogens is 393 g/mol. The minimum absolute atomic E-state index is 0.171. The van der Waals surface area contributed by atoms with E-state index in [0.717, 1.165) is 70.2 Å². The number of anilines is 1. The minimum Gasteiger partial charge on any atom is -0.396 e. The number of likely N-dealkylation sites (N-methyl/N-ethyl adjacent to an activating group) is 1. The Morgan fingerprint density at radius 2 is 1.90 bits per heavy atom.